The third-order valence-electron chi connectivity index (χ3n) is 2.21. The highest BCUT2D eigenvalue weighted by Gasteiger charge is 2.11. The van der Waals surface area contributed by atoms with Gasteiger partial charge in [0.2, 0.25) is 5.91 Å². The van der Waals surface area contributed by atoms with Crippen LogP contribution in [0.15, 0.2) is 30.3 Å². The molecule has 0 saturated heterocycles. The summed E-state index contributed by atoms with van der Waals surface area (Å²) >= 11 is 0. The highest BCUT2D eigenvalue weighted by Crippen LogP contribution is 1.97. The molecule has 0 saturated carbocycles. The van der Waals surface area contributed by atoms with E-state index in [1.165, 1.54) is 0 Å². The van der Waals surface area contributed by atoms with Gasteiger partial charge in [-0.3, -0.25) is 19.8 Å². The first-order valence-corrected chi connectivity index (χ1v) is 5.41. The van der Waals surface area contributed by atoms with Gasteiger partial charge in [-0.05, 0) is 19.2 Å². The summed E-state index contributed by atoms with van der Waals surface area (Å²) in [6.45, 7) is 1.26. The molecule has 0 atom stereocenters. The van der Waals surface area contributed by atoms with E-state index in [9.17, 15) is 9.59 Å². The van der Waals surface area contributed by atoms with Crippen molar-refractivity contribution in [2.45, 2.75) is 0 Å². The summed E-state index contributed by atoms with van der Waals surface area (Å²) in [5.74, 6) is -0.702. The number of nitrogens with one attached hydrogen (secondary N) is 1. The van der Waals surface area contributed by atoms with E-state index in [2.05, 4.69) is 5.32 Å². The number of benzene rings is 1. The van der Waals surface area contributed by atoms with Gasteiger partial charge in [0.15, 0.2) is 0 Å². The molecule has 0 radical (unpaired) electrons. The average Bonchev–Trinajstić information content (AvgIpc) is 2.30. The molecular weight excluding hydrogens is 218 g/mol. The Labute approximate surface area is 101 Å². The van der Waals surface area contributed by atoms with Crippen LogP contribution in [0.25, 0.3) is 0 Å². The topological polar surface area (TPSA) is 75.4 Å². The molecule has 0 aliphatic heterocycles. The largest absolute Gasteiger partial charge is 0.329 e. The number of hydrogen-bond acceptors (Lipinski definition) is 4. The van der Waals surface area contributed by atoms with Gasteiger partial charge in [-0.15, -0.1) is 0 Å². The molecule has 0 aliphatic rings. The smallest absolute Gasteiger partial charge is 0.257 e. The summed E-state index contributed by atoms with van der Waals surface area (Å²) in [5, 5.41) is 2.33. The van der Waals surface area contributed by atoms with Crippen molar-refractivity contribution in [2.75, 3.05) is 26.7 Å². The van der Waals surface area contributed by atoms with E-state index in [1.54, 1.807) is 36.2 Å². The minimum atomic E-state index is -0.378. The molecule has 2 amide bonds. The van der Waals surface area contributed by atoms with E-state index in [0.717, 1.165) is 0 Å². The molecular formula is C12H17N3O2. The van der Waals surface area contributed by atoms with E-state index >= 15 is 0 Å². The van der Waals surface area contributed by atoms with E-state index in [-0.39, 0.29) is 18.4 Å². The molecule has 0 heterocycles. The SMILES string of the molecule is CN(CCN)CC(=O)NC(=O)c1ccccc1. The lowest BCUT2D eigenvalue weighted by Crippen LogP contribution is -2.40. The number of rotatable bonds is 5. The molecule has 1 aromatic rings. The van der Waals surface area contributed by atoms with Crippen molar-refractivity contribution in [1.82, 2.24) is 10.2 Å². The Kier molecular flexibility index (Phi) is 5.32. The second-order valence-electron chi connectivity index (χ2n) is 3.77. The molecule has 3 N–H and O–H groups in total. The lowest BCUT2D eigenvalue weighted by atomic mass is 10.2. The molecule has 1 rings (SSSR count). The quantitative estimate of drug-likeness (QED) is 0.743. The first kappa shape index (κ1) is 13.3. The molecule has 0 aromatic heterocycles. The van der Waals surface area contributed by atoms with Crippen molar-refractivity contribution in [3.05, 3.63) is 35.9 Å². The number of nitrogens with two attached hydrogens (primary N) is 1. The van der Waals surface area contributed by atoms with Gasteiger partial charge in [0, 0.05) is 18.7 Å². The molecule has 0 unspecified atom stereocenters. The molecule has 5 nitrogen and oxygen atoms in total. The number of carbonyl (C=O) groups excluding carboxylic acids is 2. The van der Waals surface area contributed by atoms with Crippen LogP contribution in [0.4, 0.5) is 0 Å². The molecule has 0 bridgehead atoms. The summed E-state index contributed by atoms with van der Waals surface area (Å²) in [4.78, 5) is 24.9. The van der Waals surface area contributed by atoms with Crippen LogP contribution in [0.1, 0.15) is 10.4 Å². The maximum atomic E-state index is 11.6. The van der Waals surface area contributed by atoms with Crippen molar-refractivity contribution < 1.29 is 9.59 Å². The van der Waals surface area contributed by atoms with Crippen LogP contribution in [0.2, 0.25) is 0 Å². The average molecular weight is 235 g/mol. The van der Waals surface area contributed by atoms with Crippen LogP contribution < -0.4 is 11.1 Å². The van der Waals surface area contributed by atoms with Crippen LogP contribution in [0.3, 0.4) is 0 Å². The highest BCUT2D eigenvalue weighted by atomic mass is 16.2. The second kappa shape index (κ2) is 6.78. The summed E-state index contributed by atoms with van der Waals surface area (Å²) in [6.07, 6.45) is 0. The zero-order chi connectivity index (χ0) is 12.7. The fourth-order valence-corrected chi connectivity index (χ4v) is 1.37. The summed E-state index contributed by atoms with van der Waals surface area (Å²) in [7, 11) is 1.78. The molecule has 0 spiro atoms. The zero-order valence-electron chi connectivity index (χ0n) is 9.85. The minimum absolute atomic E-state index is 0.162. The predicted molar refractivity (Wildman–Crippen MR) is 65.5 cm³/mol. The lowest BCUT2D eigenvalue weighted by molar-refractivity contribution is -0.120. The third-order valence-corrected chi connectivity index (χ3v) is 2.21. The van der Waals surface area contributed by atoms with Gasteiger partial charge in [0.05, 0.1) is 6.54 Å². The van der Waals surface area contributed by atoms with Crippen LogP contribution in [0, 0.1) is 0 Å². The van der Waals surface area contributed by atoms with Crippen LogP contribution >= 0.6 is 0 Å². The van der Waals surface area contributed by atoms with Gasteiger partial charge in [-0.2, -0.15) is 0 Å². The molecule has 0 fully saturated rings. The standard InChI is InChI=1S/C12H17N3O2/c1-15(8-7-13)9-11(16)14-12(17)10-5-3-2-4-6-10/h2-6H,7-9,13H2,1H3,(H,14,16,17). The maximum Gasteiger partial charge on any atom is 0.257 e. The van der Waals surface area contributed by atoms with Gasteiger partial charge in [-0.1, -0.05) is 18.2 Å². The van der Waals surface area contributed by atoms with Crippen LogP contribution in [0.5, 0.6) is 0 Å². The molecule has 5 heteroatoms. The number of likely N-dealkylation sites (N-methyl/N-ethyl adjacent to an activating group) is 1. The molecule has 1 aromatic carbocycles. The summed E-state index contributed by atoms with van der Waals surface area (Å²) < 4.78 is 0. The van der Waals surface area contributed by atoms with Gasteiger partial charge >= 0.3 is 0 Å². The van der Waals surface area contributed by atoms with Crippen LogP contribution in [-0.4, -0.2) is 43.4 Å². The van der Waals surface area contributed by atoms with Gasteiger partial charge < -0.3 is 5.73 Å². The Bertz CT molecular complexity index is 379. The van der Waals surface area contributed by atoms with Crippen molar-refractivity contribution in [1.29, 1.82) is 0 Å². The van der Waals surface area contributed by atoms with E-state index < -0.39 is 0 Å². The lowest BCUT2D eigenvalue weighted by Gasteiger charge is -2.14. The number of imide groups is 1. The van der Waals surface area contributed by atoms with Crippen molar-refractivity contribution >= 4 is 11.8 Å². The first-order chi connectivity index (χ1) is 8.13. The minimum Gasteiger partial charge on any atom is -0.329 e. The molecule has 17 heavy (non-hydrogen) atoms. The predicted octanol–water partition coefficient (Wildman–Crippen LogP) is -0.166. The Balaban J connectivity index is 2.44. The highest BCUT2D eigenvalue weighted by molar-refractivity contribution is 6.05. The van der Waals surface area contributed by atoms with E-state index in [4.69, 9.17) is 5.73 Å². The van der Waals surface area contributed by atoms with Crippen LogP contribution in [-0.2, 0) is 4.79 Å². The zero-order valence-corrected chi connectivity index (χ0v) is 9.85. The van der Waals surface area contributed by atoms with Crippen molar-refractivity contribution in [2.24, 2.45) is 5.73 Å². The summed E-state index contributed by atoms with van der Waals surface area (Å²) in [5.41, 5.74) is 5.83. The first-order valence-electron chi connectivity index (χ1n) is 5.41. The van der Waals surface area contributed by atoms with Gasteiger partial charge in [0.25, 0.3) is 5.91 Å². The third kappa shape index (κ3) is 4.76. The Morgan fingerprint density at radius 2 is 1.94 bits per heavy atom. The van der Waals surface area contributed by atoms with Crippen molar-refractivity contribution in [3.63, 3.8) is 0 Å². The Hall–Kier alpha value is -1.72. The molecule has 0 aliphatic carbocycles. The maximum absolute atomic E-state index is 11.6. The normalized spacial score (nSPS) is 10.3. The monoisotopic (exact) mass is 235 g/mol. The summed E-state index contributed by atoms with van der Waals surface area (Å²) in [6, 6.07) is 8.63. The number of carbonyl (C=O) groups is 2. The van der Waals surface area contributed by atoms with Gasteiger partial charge in [0.1, 0.15) is 0 Å². The Morgan fingerprint density at radius 1 is 1.29 bits per heavy atom. The van der Waals surface area contributed by atoms with E-state index in [1.807, 2.05) is 6.07 Å². The van der Waals surface area contributed by atoms with E-state index in [0.29, 0.717) is 18.7 Å². The number of hydrogen-bond donors (Lipinski definition) is 2. The van der Waals surface area contributed by atoms with Crippen molar-refractivity contribution in [3.8, 4) is 0 Å². The second-order valence-corrected chi connectivity index (χ2v) is 3.77. The number of nitrogens with zero attached hydrogens (tertiary/aromatic N) is 1. The number of amides is 2. The van der Waals surface area contributed by atoms with Gasteiger partial charge in [-0.25, -0.2) is 0 Å². The molecule has 92 valence electrons. The fourth-order valence-electron chi connectivity index (χ4n) is 1.37. The Morgan fingerprint density at radius 3 is 2.53 bits per heavy atom. The fraction of sp³-hybridized carbons (Fsp3) is 0.333.